The summed E-state index contributed by atoms with van der Waals surface area (Å²) < 4.78 is 8.33. The van der Waals surface area contributed by atoms with Crippen molar-refractivity contribution in [3.8, 4) is 0 Å². The quantitative estimate of drug-likeness (QED) is 0.616. The SMILES string of the molecule is CCCOC(=O)C[n+]1c(C)sc2ccccc21. The number of nitrogens with zero attached hydrogens (tertiary/aromatic N) is 1. The Labute approximate surface area is 105 Å². The van der Waals surface area contributed by atoms with Crippen LogP contribution in [0.4, 0.5) is 0 Å². The van der Waals surface area contributed by atoms with E-state index in [0.29, 0.717) is 13.2 Å². The molecule has 0 fully saturated rings. The monoisotopic (exact) mass is 250 g/mol. The van der Waals surface area contributed by atoms with Crippen molar-refractivity contribution in [3.05, 3.63) is 29.3 Å². The normalized spacial score (nSPS) is 10.7. The summed E-state index contributed by atoms with van der Waals surface area (Å²) in [6.07, 6.45) is 0.861. The molecule has 90 valence electrons. The Hall–Kier alpha value is -1.42. The molecule has 0 aliphatic rings. The number of aryl methyl sites for hydroxylation is 1. The average molecular weight is 250 g/mol. The number of hydrogen-bond donors (Lipinski definition) is 0. The van der Waals surface area contributed by atoms with Crippen molar-refractivity contribution in [3.63, 3.8) is 0 Å². The van der Waals surface area contributed by atoms with Crippen molar-refractivity contribution in [2.24, 2.45) is 0 Å². The molecule has 0 unspecified atom stereocenters. The van der Waals surface area contributed by atoms with Gasteiger partial charge in [-0.2, -0.15) is 4.57 Å². The van der Waals surface area contributed by atoms with Crippen LogP contribution >= 0.6 is 11.3 Å². The lowest BCUT2D eigenvalue weighted by Crippen LogP contribution is -2.39. The second-order valence-corrected chi connectivity index (χ2v) is 5.13. The lowest BCUT2D eigenvalue weighted by molar-refractivity contribution is -0.661. The van der Waals surface area contributed by atoms with Gasteiger partial charge in [-0.3, -0.25) is 0 Å². The molecule has 0 aliphatic heterocycles. The van der Waals surface area contributed by atoms with Crippen LogP contribution in [0.25, 0.3) is 10.2 Å². The molecule has 0 saturated heterocycles. The molecule has 2 aromatic rings. The Bertz CT molecular complexity index is 533. The molecule has 0 amide bonds. The predicted octanol–water partition coefficient (Wildman–Crippen LogP) is 2.45. The predicted molar refractivity (Wildman–Crippen MR) is 68.0 cm³/mol. The first-order valence-corrected chi connectivity index (χ1v) is 6.57. The van der Waals surface area contributed by atoms with Crippen molar-refractivity contribution in [1.82, 2.24) is 0 Å². The summed E-state index contributed by atoms with van der Waals surface area (Å²) in [5.41, 5.74) is 1.10. The van der Waals surface area contributed by atoms with Crippen molar-refractivity contribution >= 4 is 27.5 Å². The number of esters is 1. The third-order valence-electron chi connectivity index (χ3n) is 2.55. The largest absolute Gasteiger partial charge is 0.461 e. The minimum atomic E-state index is -0.163. The molecule has 17 heavy (non-hydrogen) atoms. The van der Waals surface area contributed by atoms with Gasteiger partial charge in [-0.1, -0.05) is 30.4 Å². The van der Waals surface area contributed by atoms with Crippen molar-refractivity contribution in [1.29, 1.82) is 0 Å². The summed E-state index contributed by atoms with van der Waals surface area (Å²) in [4.78, 5) is 11.6. The van der Waals surface area contributed by atoms with Gasteiger partial charge in [0.2, 0.25) is 17.1 Å². The first kappa shape index (κ1) is 12.0. The van der Waals surface area contributed by atoms with Gasteiger partial charge >= 0.3 is 5.97 Å². The van der Waals surface area contributed by atoms with E-state index in [4.69, 9.17) is 4.74 Å². The topological polar surface area (TPSA) is 30.2 Å². The van der Waals surface area contributed by atoms with E-state index < -0.39 is 0 Å². The molecule has 0 radical (unpaired) electrons. The number of carbonyl (C=O) groups excluding carboxylic acids is 1. The lowest BCUT2D eigenvalue weighted by Gasteiger charge is -1.99. The van der Waals surface area contributed by atoms with Crippen molar-refractivity contribution in [2.45, 2.75) is 26.8 Å². The highest BCUT2D eigenvalue weighted by Crippen LogP contribution is 2.19. The standard InChI is InChI=1S/C13H16NO2S/c1-3-8-16-13(15)9-14-10(2)17-12-7-5-4-6-11(12)14/h4-7H,3,8-9H2,1-2H3/q+1. The van der Waals surface area contributed by atoms with E-state index in [1.54, 1.807) is 11.3 Å². The first-order valence-electron chi connectivity index (χ1n) is 5.76. The van der Waals surface area contributed by atoms with Crippen LogP contribution in [-0.4, -0.2) is 12.6 Å². The minimum Gasteiger partial charge on any atom is -0.461 e. The van der Waals surface area contributed by atoms with Crippen LogP contribution < -0.4 is 4.57 Å². The minimum absolute atomic E-state index is 0.163. The zero-order chi connectivity index (χ0) is 12.3. The van der Waals surface area contributed by atoms with Gasteiger partial charge in [0.25, 0.3) is 0 Å². The molecule has 2 rings (SSSR count). The molecule has 0 bridgehead atoms. The van der Waals surface area contributed by atoms with E-state index >= 15 is 0 Å². The molecule has 3 nitrogen and oxygen atoms in total. The summed E-state index contributed by atoms with van der Waals surface area (Å²) in [5, 5.41) is 1.12. The molecule has 0 aliphatic carbocycles. The Kier molecular flexibility index (Phi) is 3.74. The van der Waals surface area contributed by atoms with Gasteiger partial charge in [-0.25, -0.2) is 4.79 Å². The van der Waals surface area contributed by atoms with Crippen LogP contribution in [0, 0.1) is 6.92 Å². The van der Waals surface area contributed by atoms with Gasteiger partial charge in [0, 0.05) is 13.0 Å². The second kappa shape index (κ2) is 5.27. The van der Waals surface area contributed by atoms with Gasteiger partial charge in [-0.15, -0.1) is 0 Å². The number of fused-ring (bicyclic) bond motifs is 1. The maximum atomic E-state index is 11.6. The van der Waals surface area contributed by atoms with Gasteiger partial charge < -0.3 is 4.74 Å². The molecule has 4 heteroatoms. The molecule has 1 aromatic heterocycles. The third-order valence-corrected chi connectivity index (χ3v) is 3.63. The Morgan fingerprint density at radius 2 is 2.18 bits per heavy atom. The Morgan fingerprint density at radius 1 is 1.41 bits per heavy atom. The number of thiazole rings is 1. The summed E-state index contributed by atoms with van der Waals surface area (Å²) in [6.45, 7) is 4.82. The maximum absolute atomic E-state index is 11.6. The lowest BCUT2D eigenvalue weighted by atomic mass is 10.3. The van der Waals surface area contributed by atoms with Crippen LogP contribution in [0.2, 0.25) is 0 Å². The van der Waals surface area contributed by atoms with E-state index in [2.05, 4.69) is 6.07 Å². The summed E-state index contributed by atoms with van der Waals surface area (Å²) in [5.74, 6) is -0.163. The van der Waals surface area contributed by atoms with Gasteiger partial charge in [0.05, 0.1) is 6.61 Å². The number of benzene rings is 1. The fourth-order valence-corrected chi connectivity index (χ4v) is 2.76. The zero-order valence-corrected chi connectivity index (χ0v) is 10.9. The average Bonchev–Trinajstić information content (AvgIpc) is 2.64. The van der Waals surface area contributed by atoms with E-state index in [0.717, 1.165) is 16.9 Å². The fraction of sp³-hybridized carbons (Fsp3) is 0.385. The van der Waals surface area contributed by atoms with Crippen LogP contribution in [0.5, 0.6) is 0 Å². The zero-order valence-electron chi connectivity index (χ0n) is 10.1. The van der Waals surface area contributed by atoms with Crippen LogP contribution in [0.3, 0.4) is 0 Å². The highest BCUT2D eigenvalue weighted by molar-refractivity contribution is 7.18. The number of aromatic nitrogens is 1. The van der Waals surface area contributed by atoms with E-state index in [-0.39, 0.29) is 5.97 Å². The molecule has 1 aromatic carbocycles. The summed E-state index contributed by atoms with van der Waals surface area (Å²) >= 11 is 1.70. The van der Waals surface area contributed by atoms with Crippen LogP contribution in [-0.2, 0) is 16.1 Å². The number of ether oxygens (including phenoxy) is 1. The van der Waals surface area contributed by atoms with Crippen molar-refractivity contribution in [2.75, 3.05) is 6.61 Å². The summed E-state index contributed by atoms with van der Waals surface area (Å²) in [7, 11) is 0. The molecular formula is C13H16NO2S+. The summed E-state index contributed by atoms with van der Waals surface area (Å²) in [6, 6.07) is 8.10. The Balaban J connectivity index is 2.23. The van der Waals surface area contributed by atoms with E-state index in [9.17, 15) is 4.79 Å². The van der Waals surface area contributed by atoms with Crippen LogP contribution in [0.1, 0.15) is 18.4 Å². The maximum Gasteiger partial charge on any atom is 0.372 e. The Morgan fingerprint density at radius 3 is 2.94 bits per heavy atom. The van der Waals surface area contributed by atoms with Gasteiger partial charge in [0.15, 0.2) is 0 Å². The van der Waals surface area contributed by atoms with Crippen molar-refractivity contribution < 1.29 is 14.1 Å². The van der Waals surface area contributed by atoms with Gasteiger partial charge in [0.1, 0.15) is 4.70 Å². The fourth-order valence-electron chi connectivity index (χ4n) is 1.74. The second-order valence-electron chi connectivity index (χ2n) is 3.90. The molecular weight excluding hydrogens is 234 g/mol. The number of hydrogen-bond acceptors (Lipinski definition) is 3. The molecule has 0 saturated carbocycles. The third kappa shape index (κ3) is 2.64. The molecule has 1 heterocycles. The first-order chi connectivity index (χ1) is 8.22. The van der Waals surface area contributed by atoms with E-state index in [1.165, 1.54) is 4.70 Å². The molecule has 0 spiro atoms. The molecule has 0 atom stereocenters. The highest BCUT2D eigenvalue weighted by Gasteiger charge is 2.20. The van der Waals surface area contributed by atoms with Gasteiger partial charge in [-0.05, 0) is 12.5 Å². The number of carbonyl (C=O) groups is 1. The number of rotatable bonds is 4. The number of para-hydroxylation sites is 1. The molecule has 0 N–H and O–H groups in total. The van der Waals surface area contributed by atoms with E-state index in [1.807, 2.05) is 36.6 Å². The smallest absolute Gasteiger partial charge is 0.372 e. The van der Waals surface area contributed by atoms with Crippen LogP contribution in [0.15, 0.2) is 24.3 Å². The highest BCUT2D eigenvalue weighted by atomic mass is 32.1.